The lowest BCUT2D eigenvalue weighted by Crippen LogP contribution is -2.52. The molecule has 3 N–H and O–H groups in total. The van der Waals surface area contributed by atoms with Crippen molar-refractivity contribution in [2.45, 2.75) is 31.2 Å². The number of aryl methyl sites for hydroxylation is 1. The van der Waals surface area contributed by atoms with Crippen LogP contribution in [-0.4, -0.2) is 89.6 Å². The zero-order valence-corrected chi connectivity index (χ0v) is 25.7. The second-order valence-electron chi connectivity index (χ2n) is 10.3. The lowest BCUT2D eigenvalue weighted by molar-refractivity contribution is -0.122. The number of sulfone groups is 1. The molecule has 1 aliphatic rings. The topological polar surface area (TPSA) is 136 Å². The van der Waals surface area contributed by atoms with Crippen molar-refractivity contribution in [3.8, 4) is 11.3 Å². The number of benzene rings is 1. The van der Waals surface area contributed by atoms with Crippen LogP contribution in [0.4, 0.5) is 21.8 Å². The molecule has 1 aliphatic heterocycles. The summed E-state index contributed by atoms with van der Waals surface area (Å²) in [5, 5.41) is 6.62. The number of amides is 1. The summed E-state index contributed by atoms with van der Waals surface area (Å²) in [6.45, 7) is 7.37. The Morgan fingerprint density at radius 1 is 1.17 bits per heavy atom. The number of H-pyrrole nitrogens is 1. The Balaban J connectivity index is 0.00000405. The first kappa shape index (κ1) is 31.3. The fourth-order valence-electron chi connectivity index (χ4n) is 5.08. The third-order valence-corrected chi connectivity index (χ3v) is 8.46. The number of anilines is 3. The minimum atomic E-state index is -3.75. The summed E-state index contributed by atoms with van der Waals surface area (Å²) >= 11 is 0. The number of rotatable bonds is 8. The number of nitrogens with zero attached hydrogens (tertiary/aromatic N) is 5. The average Bonchev–Trinajstić information content (AvgIpc) is 3.37. The van der Waals surface area contributed by atoms with Gasteiger partial charge in [-0.2, -0.15) is 13.5 Å². The van der Waals surface area contributed by atoms with Crippen LogP contribution in [0.3, 0.4) is 0 Å². The summed E-state index contributed by atoms with van der Waals surface area (Å²) in [5.41, 5.74) is 2.70. The summed E-state index contributed by atoms with van der Waals surface area (Å²) in [6.07, 6.45) is 6.66. The van der Waals surface area contributed by atoms with Crippen LogP contribution in [0.1, 0.15) is 18.9 Å². The molecule has 0 spiro atoms. The Bertz CT molecular complexity index is 1700. The smallest absolute Gasteiger partial charge is 0.242 e. The number of nitrogens with one attached hydrogen (secondary N) is 3. The van der Waals surface area contributed by atoms with Gasteiger partial charge in [-0.15, -0.1) is 0 Å². The summed E-state index contributed by atoms with van der Waals surface area (Å²) in [5.74, 6) is -0.474. The lowest BCUT2D eigenvalue weighted by atomic mass is 10.1. The van der Waals surface area contributed by atoms with Crippen LogP contribution in [0.25, 0.3) is 22.2 Å². The van der Waals surface area contributed by atoms with Gasteiger partial charge < -0.3 is 20.5 Å². The molecule has 1 saturated heterocycles. The van der Waals surface area contributed by atoms with Crippen LogP contribution >= 0.6 is 13.5 Å². The Labute approximate surface area is 251 Å². The Kier molecular flexibility index (Phi) is 9.50. The number of halogens is 1. The van der Waals surface area contributed by atoms with E-state index >= 15 is 0 Å². The summed E-state index contributed by atoms with van der Waals surface area (Å²) < 4.78 is 38.8. The average molecular weight is 615 g/mol. The molecular weight excluding hydrogens is 579 g/mol. The molecule has 4 aromatic rings. The molecule has 11 nitrogen and oxygen atoms in total. The van der Waals surface area contributed by atoms with E-state index in [4.69, 9.17) is 0 Å². The second kappa shape index (κ2) is 12.7. The van der Waals surface area contributed by atoms with Gasteiger partial charge >= 0.3 is 0 Å². The molecule has 0 aliphatic carbocycles. The van der Waals surface area contributed by atoms with Gasteiger partial charge in [-0.1, -0.05) is 13.0 Å². The zero-order chi connectivity index (χ0) is 29.3. The summed E-state index contributed by atoms with van der Waals surface area (Å²) in [7, 11) is -1.67. The van der Waals surface area contributed by atoms with Gasteiger partial charge in [0, 0.05) is 62.0 Å². The van der Waals surface area contributed by atoms with Crippen molar-refractivity contribution in [2.24, 2.45) is 0 Å². The van der Waals surface area contributed by atoms with Crippen LogP contribution < -0.4 is 10.6 Å². The maximum atomic E-state index is 14.9. The number of hydrogen-bond acceptors (Lipinski definition) is 9. The molecule has 224 valence electrons. The maximum Gasteiger partial charge on any atom is 0.242 e. The summed E-state index contributed by atoms with van der Waals surface area (Å²) in [4.78, 5) is 33.9. The van der Waals surface area contributed by atoms with Gasteiger partial charge in [0.05, 0.1) is 22.9 Å². The number of carbonyl (C=O) groups excluding carboxylic acids is 1. The van der Waals surface area contributed by atoms with E-state index in [1.807, 2.05) is 19.9 Å². The molecule has 42 heavy (non-hydrogen) atoms. The minimum absolute atomic E-state index is 0. The first-order valence-electron chi connectivity index (χ1n) is 13.4. The van der Waals surface area contributed by atoms with Gasteiger partial charge in [-0.25, -0.2) is 27.8 Å². The van der Waals surface area contributed by atoms with E-state index in [2.05, 4.69) is 47.4 Å². The third kappa shape index (κ3) is 6.41. The number of carbonyl (C=O) groups is 1. The molecule has 0 saturated carbocycles. The van der Waals surface area contributed by atoms with Gasteiger partial charge in [0.1, 0.15) is 4.90 Å². The number of fused-ring (bicyclic) bond motifs is 1. The highest BCUT2D eigenvalue weighted by molar-refractivity contribution is 7.90. The molecule has 0 unspecified atom stereocenters. The molecule has 1 atom stereocenters. The Morgan fingerprint density at radius 2 is 1.90 bits per heavy atom. The van der Waals surface area contributed by atoms with E-state index in [9.17, 15) is 17.6 Å². The van der Waals surface area contributed by atoms with E-state index in [1.54, 1.807) is 18.6 Å². The molecule has 0 radical (unpaired) electrons. The van der Waals surface area contributed by atoms with Crippen LogP contribution in [0, 0.1) is 12.7 Å². The van der Waals surface area contributed by atoms with Crippen LogP contribution in [-0.2, 0) is 14.6 Å². The van der Waals surface area contributed by atoms with Crippen molar-refractivity contribution in [3.63, 3.8) is 0 Å². The normalized spacial score (nSPS) is 15.3. The van der Waals surface area contributed by atoms with E-state index in [1.165, 1.54) is 18.2 Å². The Hall–Kier alpha value is -3.59. The van der Waals surface area contributed by atoms with Crippen molar-refractivity contribution in [2.75, 3.05) is 50.1 Å². The monoisotopic (exact) mass is 614 g/mol. The molecule has 1 amide bonds. The van der Waals surface area contributed by atoms with E-state index in [0.717, 1.165) is 48.9 Å². The van der Waals surface area contributed by atoms with Crippen molar-refractivity contribution in [3.05, 3.63) is 54.2 Å². The molecule has 5 rings (SSSR count). The van der Waals surface area contributed by atoms with Crippen LogP contribution in [0.2, 0.25) is 0 Å². The fraction of sp³-hybridized carbons (Fsp3) is 0.357. The predicted octanol–water partition coefficient (Wildman–Crippen LogP) is 3.69. The highest BCUT2D eigenvalue weighted by Gasteiger charge is 2.28. The van der Waals surface area contributed by atoms with Crippen LogP contribution in [0.5, 0.6) is 0 Å². The van der Waals surface area contributed by atoms with Crippen molar-refractivity contribution >= 4 is 57.6 Å². The van der Waals surface area contributed by atoms with Crippen molar-refractivity contribution in [1.29, 1.82) is 0 Å². The molecular formula is C28H35FN8O3S2. The van der Waals surface area contributed by atoms with Gasteiger partial charge in [-0.05, 0) is 44.2 Å². The quantitative estimate of drug-likeness (QED) is 0.271. The number of aromatic nitrogens is 4. The highest BCUT2D eigenvalue weighted by Crippen LogP contribution is 2.33. The summed E-state index contributed by atoms with van der Waals surface area (Å²) in [6, 6.07) is 5.66. The standard InChI is InChI=1S/C28H33FN8O3S.H2S/c1-5-21(37-13-11-36(3)12-14-37)27(38)35-26-25-18(9-10-30-26)19(16-31-25)24-17(2)15-32-28(34-24)33-20-7-6-8-22(23(20)29)41(4,39)40;/h6-10,15-16,21,31H,5,11-14H2,1-4H3,(H,30,35,38)(H,32,33,34);1H2/t21-;/m0./s1. The number of hydrogen-bond donors (Lipinski definition) is 3. The Morgan fingerprint density at radius 3 is 2.60 bits per heavy atom. The van der Waals surface area contributed by atoms with Gasteiger partial charge in [0.15, 0.2) is 21.5 Å². The molecule has 3 aromatic heterocycles. The molecule has 1 aromatic carbocycles. The van der Waals surface area contributed by atoms with Gasteiger partial charge in [0.25, 0.3) is 0 Å². The third-order valence-electron chi connectivity index (χ3n) is 7.35. The highest BCUT2D eigenvalue weighted by atomic mass is 32.2. The minimum Gasteiger partial charge on any atom is -0.357 e. The number of likely N-dealkylation sites (N-methyl/N-ethyl adjacent to an activating group) is 1. The van der Waals surface area contributed by atoms with Gasteiger partial charge in [-0.3, -0.25) is 9.69 Å². The second-order valence-corrected chi connectivity index (χ2v) is 12.3. The van der Waals surface area contributed by atoms with E-state index < -0.39 is 20.5 Å². The van der Waals surface area contributed by atoms with Crippen molar-refractivity contribution < 1.29 is 17.6 Å². The molecule has 4 heterocycles. The van der Waals surface area contributed by atoms with Crippen molar-refractivity contribution in [1.82, 2.24) is 29.7 Å². The SMILES string of the molecule is CC[C@@H](C(=O)Nc1nccc2c(-c3nc(Nc4cccc(S(C)(=O)=O)c4F)ncc3C)c[nH]c12)N1CCN(C)CC1.S. The zero-order valence-electron chi connectivity index (χ0n) is 23.9. The van der Waals surface area contributed by atoms with E-state index in [0.29, 0.717) is 23.4 Å². The number of aromatic amines is 1. The molecule has 0 bridgehead atoms. The number of piperazine rings is 1. The fourth-order valence-corrected chi connectivity index (χ4v) is 5.84. The maximum absolute atomic E-state index is 14.9. The lowest BCUT2D eigenvalue weighted by Gasteiger charge is -2.36. The molecule has 1 fully saturated rings. The van der Waals surface area contributed by atoms with Gasteiger partial charge in [0.2, 0.25) is 11.9 Å². The molecule has 14 heteroatoms. The number of pyridine rings is 1. The van der Waals surface area contributed by atoms with Crippen LogP contribution in [0.15, 0.2) is 47.8 Å². The first-order valence-corrected chi connectivity index (χ1v) is 15.2. The van der Waals surface area contributed by atoms with E-state index in [-0.39, 0.29) is 37.1 Å². The first-order chi connectivity index (χ1) is 19.6. The largest absolute Gasteiger partial charge is 0.357 e. The predicted molar refractivity (Wildman–Crippen MR) is 167 cm³/mol.